The van der Waals surface area contributed by atoms with E-state index in [1.807, 2.05) is 16.8 Å². The molecule has 2 heterocycles. The maximum absolute atomic E-state index is 12.0. The topological polar surface area (TPSA) is 23.6 Å². The van der Waals surface area contributed by atoms with Gasteiger partial charge in [-0.25, -0.2) is 0 Å². The van der Waals surface area contributed by atoms with E-state index < -0.39 is 0 Å². The van der Waals surface area contributed by atoms with E-state index in [2.05, 4.69) is 40.1 Å². The molecule has 1 aromatic carbocycles. The fourth-order valence-corrected chi connectivity index (χ4v) is 3.50. The van der Waals surface area contributed by atoms with Crippen molar-refractivity contribution in [3.8, 4) is 0 Å². The highest BCUT2D eigenvalue weighted by Gasteiger charge is 2.17. The molecule has 1 fully saturated rings. The number of carbonyl (C=O) groups excluding carboxylic acids is 1. The van der Waals surface area contributed by atoms with E-state index in [9.17, 15) is 4.79 Å². The third-order valence-electron chi connectivity index (χ3n) is 4.21. The van der Waals surface area contributed by atoms with Gasteiger partial charge in [0, 0.05) is 56.6 Å². The minimum absolute atomic E-state index is 0. The van der Waals surface area contributed by atoms with Gasteiger partial charge in [-0.1, -0.05) is 30.3 Å². The van der Waals surface area contributed by atoms with Gasteiger partial charge in [-0.3, -0.25) is 9.69 Å². The van der Waals surface area contributed by atoms with Crippen molar-refractivity contribution in [2.45, 2.75) is 13.0 Å². The summed E-state index contributed by atoms with van der Waals surface area (Å²) in [5.74, 6) is 0.271. The molecule has 0 spiro atoms. The Bertz CT molecular complexity index is 584. The number of Topliss-reactive ketones (excluding diaryl/α,β-unsaturated/α-hetero) is 1. The fraction of sp³-hybridized carbons (Fsp3) is 0.389. The molecule has 0 radical (unpaired) electrons. The Kier molecular flexibility index (Phi) is 9.56. The highest BCUT2D eigenvalue weighted by Crippen LogP contribution is 2.11. The van der Waals surface area contributed by atoms with Gasteiger partial charge in [0.25, 0.3) is 0 Å². The number of carbonyl (C=O) groups is 1. The van der Waals surface area contributed by atoms with Crippen LogP contribution in [0.1, 0.15) is 22.3 Å². The van der Waals surface area contributed by atoms with Gasteiger partial charge in [0.2, 0.25) is 0 Å². The summed E-state index contributed by atoms with van der Waals surface area (Å²) in [7, 11) is 0. The van der Waals surface area contributed by atoms with Gasteiger partial charge in [0.1, 0.15) is 0 Å². The van der Waals surface area contributed by atoms with Gasteiger partial charge in [-0.05, 0) is 17.0 Å². The van der Waals surface area contributed by atoms with Crippen LogP contribution in [-0.2, 0) is 6.54 Å². The summed E-state index contributed by atoms with van der Waals surface area (Å²) in [6.07, 6.45) is 0.634. The van der Waals surface area contributed by atoms with Crippen molar-refractivity contribution < 1.29 is 4.79 Å². The van der Waals surface area contributed by atoms with Crippen LogP contribution in [0.25, 0.3) is 0 Å². The van der Waals surface area contributed by atoms with Crippen molar-refractivity contribution in [1.29, 1.82) is 0 Å². The van der Waals surface area contributed by atoms with Crippen LogP contribution in [0.3, 0.4) is 0 Å². The Morgan fingerprint density at radius 2 is 1.62 bits per heavy atom. The van der Waals surface area contributed by atoms with Crippen LogP contribution < -0.4 is 0 Å². The number of hydrogen-bond acceptors (Lipinski definition) is 4. The van der Waals surface area contributed by atoms with Crippen molar-refractivity contribution in [3.05, 3.63) is 58.3 Å². The predicted molar refractivity (Wildman–Crippen MR) is 106 cm³/mol. The zero-order valence-electron chi connectivity index (χ0n) is 13.6. The summed E-state index contributed by atoms with van der Waals surface area (Å²) in [5.41, 5.74) is 2.25. The lowest BCUT2D eigenvalue weighted by atomic mass is 10.1. The second-order valence-electron chi connectivity index (χ2n) is 5.79. The molecule has 0 bridgehead atoms. The highest BCUT2D eigenvalue weighted by atomic mass is 35.5. The van der Waals surface area contributed by atoms with Crippen molar-refractivity contribution in [2.24, 2.45) is 0 Å². The first kappa shape index (κ1) is 21.1. The minimum atomic E-state index is 0. The first-order chi connectivity index (χ1) is 10.8. The summed E-state index contributed by atoms with van der Waals surface area (Å²) in [5, 5.41) is 3.91. The molecule has 0 amide bonds. The minimum Gasteiger partial charge on any atom is -0.300 e. The van der Waals surface area contributed by atoms with Crippen LogP contribution in [0.15, 0.2) is 47.2 Å². The number of nitrogens with zero attached hydrogens (tertiary/aromatic N) is 2. The molecule has 0 unspecified atom stereocenters. The first-order valence-electron chi connectivity index (χ1n) is 7.85. The van der Waals surface area contributed by atoms with Crippen LogP contribution >= 0.6 is 36.2 Å². The zero-order valence-corrected chi connectivity index (χ0v) is 16.0. The van der Waals surface area contributed by atoms with E-state index in [-0.39, 0.29) is 30.6 Å². The SMILES string of the molecule is Cl.Cl.O=C(CCN1CCN(Cc2ccccc2)CC1)c1ccsc1. The smallest absolute Gasteiger partial charge is 0.164 e. The zero-order chi connectivity index (χ0) is 15.2. The number of hydrogen-bond donors (Lipinski definition) is 0. The average Bonchev–Trinajstić information content (AvgIpc) is 3.09. The lowest BCUT2D eigenvalue weighted by Crippen LogP contribution is -2.46. The maximum Gasteiger partial charge on any atom is 0.164 e. The molecule has 3 rings (SSSR count). The Hall–Kier alpha value is -0.910. The van der Waals surface area contributed by atoms with Gasteiger partial charge < -0.3 is 4.90 Å². The van der Waals surface area contributed by atoms with E-state index >= 15 is 0 Å². The Labute approximate surface area is 160 Å². The number of piperazine rings is 1. The Morgan fingerprint density at radius 3 is 2.25 bits per heavy atom. The number of halogens is 2. The number of ketones is 1. The second-order valence-corrected chi connectivity index (χ2v) is 6.57. The molecule has 0 saturated carbocycles. The van der Waals surface area contributed by atoms with Crippen molar-refractivity contribution in [3.63, 3.8) is 0 Å². The van der Waals surface area contributed by atoms with Crippen LogP contribution in [-0.4, -0.2) is 48.3 Å². The summed E-state index contributed by atoms with van der Waals surface area (Å²) in [4.78, 5) is 16.9. The van der Waals surface area contributed by atoms with Crippen molar-refractivity contribution in [2.75, 3.05) is 32.7 Å². The standard InChI is InChI=1S/C18H22N2OS.2ClH/c21-18(17-7-13-22-15-17)6-8-19-9-11-20(12-10-19)14-16-4-2-1-3-5-16;;/h1-5,7,13,15H,6,8-12,14H2;2*1H. The summed E-state index contributed by atoms with van der Waals surface area (Å²) >= 11 is 1.59. The molecule has 1 saturated heterocycles. The molecule has 2 aromatic rings. The molecule has 1 aromatic heterocycles. The van der Waals surface area contributed by atoms with E-state index in [4.69, 9.17) is 0 Å². The number of thiophene rings is 1. The van der Waals surface area contributed by atoms with E-state index in [0.29, 0.717) is 6.42 Å². The molecule has 1 aliphatic heterocycles. The van der Waals surface area contributed by atoms with Crippen molar-refractivity contribution >= 4 is 41.9 Å². The lowest BCUT2D eigenvalue weighted by Gasteiger charge is -2.34. The summed E-state index contributed by atoms with van der Waals surface area (Å²) in [6.45, 7) is 6.20. The van der Waals surface area contributed by atoms with E-state index in [0.717, 1.165) is 44.8 Å². The fourth-order valence-electron chi connectivity index (χ4n) is 2.84. The van der Waals surface area contributed by atoms with Gasteiger partial charge in [0.15, 0.2) is 5.78 Å². The molecule has 132 valence electrons. The molecule has 24 heavy (non-hydrogen) atoms. The van der Waals surface area contributed by atoms with Gasteiger partial charge in [-0.15, -0.1) is 24.8 Å². The second kappa shape index (κ2) is 10.9. The van der Waals surface area contributed by atoms with Crippen LogP contribution in [0.4, 0.5) is 0 Å². The summed E-state index contributed by atoms with van der Waals surface area (Å²) in [6, 6.07) is 12.6. The third kappa shape index (κ3) is 6.19. The molecule has 0 N–H and O–H groups in total. The molecule has 6 heteroatoms. The van der Waals surface area contributed by atoms with Gasteiger partial charge in [0.05, 0.1) is 0 Å². The molecule has 0 aliphatic carbocycles. The van der Waals surface area contributed by atoms with E-state index in [1.165, 1.54) is 5.56 Å². The largest absolute Gasteiger partial charge is 0.300 e. The van der Waals surface area contributed by atoms with Crippen molar-refractivity contribution in [1.82, 2.24) is 9.80 Å². The molecule has 0 atom stereocenters. The van der Waals surface area contributed by atoms with Crippen LogP contribution in [0.5, 0.6) is 0 Å². The molecular formula is C18H24Cl2N2OS. The molecular weight excluding hydrogens is 363 g/mol. The quantitative estimate of drug-likeness (QED) is 0.701. The molecule has 1 aliphatic rings. The maximum atomic E-state index is 12.0. The Balaban J connectivity index is 0.00000144. The normalized spacial score (nSPS) is 15.3. The molecule has 3 nitrogen and oxygen atoms in total. The predicted octanol–water partition coefficient (Wildman–Crippen LogP) is 3.98. The first-order valence-corrected chi connectivity index (χ1v) is 8.79. The van der Waals surface area contributed by atoms with Gasteiger partial charge in [-0.2, -0.15) is 11.3 Å². The van der Waals surface area contributed by atoms with Gasteiger partial charge >= 0.3 is 0 Å². The Morgan fingerprint density at radius 1 is 0.958 bits per heavy atom. The van der Waals surface area contributed by atoms with Crippen LogP contribution in [0, 0.1) is 0 Å². The average molecular weight is 387 g/mol. The number of rotatable bonds is 6. The summed E-state index contributed by atoms with van der Waals surface area (Å²) < 4.78 is 0. The highest BCUT2D eigenvalue weighted by molar-refractivity contribution is 7.08. The third-order valence-corrected chi connectivity index (χ3v) is 4.90. The number of benzene rings is 1. The van der Waals surface area contributed by atoms with Crippen LogP contribution in [0.2, 0.25) is 0 Å². The monoisotopic (exact) mass is 386 g/mol. The van der Waals surface area contributed by atoms with E-state index in [1.54, 1.807) is 11.3 Å². The lowest BCUT2D eigenvalue weighted by molar-refractivity contribution is 0.0923.